The summed E-state index contributed by atoms with van der Waals surface area (Å²) in [5.41, 5.74) is 0. The van der Waals surface area contributed by atoms with Gasteiger partial charge in [-0.05, 0) is 37.8 Å². The molecule has 1 aromatic carbocycles. The number of hydrogen-bond donors (Lipinski definition) is 1. The van der Waals surface area contributed by atoms with E-state index in [4.69, 9.17) is 14.5 Å². The third-order valence-electron chi connectivity index (χ3n) is 5.72. The van der Waals surface area contributed by atoms with Gasteiger partial charge in [0, 0.05) is 35.7 Å². The molecule has 2 aromatic heterocycles. The summed E-state index contributed by atoms with van der Waals surface area (Å²) >= 11 is 0. The first-order valence-corrected chi connectivity index (χ1v) is 9.81. The van der Waals surface area contributed by atoms with Gasteiger partial charge < -0.3 is 14.4 Å². The Morgan fingerprint density at radius 1 is 1.07 bits per heavy atom. The molecule has 1 N–H and O–H groups in total. The average Bonchev–Trinajstić information content (AvgIpc) is 3.48. The summed E-state index contributed by atoms with van der Waals surface area (Å²) in [5.74, 6) is 5.13. The van der Waals surface area contributed by atoms with Crippen LogP contribution in [0.25, 0.3) is 10.8 Å². The number of fused-ring (bicyclic) bond motifs is 1. The first kappa shape index (κ1) is 17.2. The average molecular weight is 380 g/mol. The molecule has 2 aliphatic rings. The molecule has 0 spiro atoms. The molecule has 1 aliphatic carbocycles. The maximum atomic E-state index is 5.49. The van der Waals surface area contributed by atoms with Gasteiger partial charge in [0.25, 0.3) is 0 Å². The van der Waals surface area contributed by atoms with Gasteiger partial charge in [0.2, 0.25) is 0 Å². The van der Waals surface area contributed by atoms with Crippen molar-refractivity contribution in [2.75, 3.05) is 32.2 Å². The molecule has 0 radical (unpaired) electrons. The fourth-order valence-corrected chi connectivity index (χ4v) is 4.02. The Kier molecular flexibility index (Phi) is 4.26. The number of aromatic amines is 1. The summed E-state index contributed by atoms with van der Waals surface area (Å²) in [6, 6.07) is 3.94. The first-order chi connectivity index (χ1) is 13.8. The van der Waals surface area contributed by atoms with Gasteiger partial charge >= 0.3 is 0 Å². The molecule has 8 nitrogen and oxygen atoms in total. The monoisotopic (exact) mass is 380 g/mol. The Morgan fingerprint density at radius 3 is 2.68 bits per heavy atom. The van der Waals surface area contributed by atoms with E-state index in [1.54, 1.807) is 20.4 Å². The van der Waals surface area contributed by atoms with Crippen molar-refractivity contribution in [3.8, 4) is 11.5 Å². The summed E-state index contributed by atoms with van der Waals surface area (Å²) in [6.07, 6.45) is 6.38. The van der Waals surface area contributed by atoms with Crippen LogP contribution in [0.3, 0.4) is 0 Å². The normalized spacial score (nSPS) is 19.8. The summed E-state index contributed by atoms with van der Waals surface area (Å²) in [4.78, 5) is 7.06. The number of nitrogens with zero attached hydrogens (tertiary/aromatic N) is 5. The molecule has 1 saturated heterocycles. The first-order valence-electron chi connectivity index (χ1n) is 9.81. The zero-order valence-corrected chi connectivity index (χ0v) is 16.2. The Hall–Kier alpha value is -2.90. The van der Waals surface area contributed by atoms with Gasteiger partial charge in [0.15, 0.2) is 23.1 Å². The van der Waals surface area contributed by atoms with Gasteiger partial charge in [-0.15, -0.1) is 5.10 Å². The molecule has 1 aliphatic heterocycles. The fourth-order valence-electron chi connectivity index (χ4n) is 4.02. The predicted molar refractivity (Wildman–Crippen MR) is 105 cm³/mol. The van der Waals surface area contributed by atoms with Crippen LogP contribution in [0, 0.1) is 0 Å². The van der Waals surface area contributed by atoms with Crippen molar-refractivity contribution in [1.29, 1.82) is 0 Å². The topological polar surface area (TPSA) is 89.1 Å². The molecule has 28 heavy (non-hydrogen) atoms. The van der Waals surface area contributed by atoms with E-state index < -0.39 is 0 Å². The summed E-state index contributed by atoms with van der Waals surface area (Å²) < 4.78 is 10.9. The van der Waals surface area contributed by atoms with E-state index in [9.17, 15) is 0 Å². The number of hydrogen-bond acceptors (Lipinski definition) is 7. The second-order valence-corrected chi connectivity index (χ2v) is 7.60. The van der Waals surface area contributed by atoms with E-state index in [1.807, 2.05) is 12.1 Å². The minimum Gasteiger partial charge on any atom is -0.493 e. The Bertz CT molecular complexity index is 1000. The van der Waals surface area contributed by atoms with E-state index in [1.165, 1.54) is 12.8 Å². The van der Waals surface area contributed by atoms with E-state index in [2.05, 4.69) is 25.3 Å². The van der Waals surface area contributed by atoms with Crippen LogP contribution in [0.5, 0.6) is 11.5 Å². The van der Waals surface area contributed by atoms with Crippen LogP contribution in [0.15, 0.2) is 18.3 Å². The smallest absolute Gasteiger partial charge is 0.161 e. The standard InChI is InChI=1S/C20H24N6O2/c1-27-16-8-14-10-21-25-20(15(14)9-17(16)28-2)26-7-3-4-13(11-26)19-22-18(23-24-19)12-5-6-12/h8-10,12-13H,3-7,11H2,1-2H3,(H,22,23,24). The molecule has 8 heteroatoms. The van der Waals surface area contributed by atoms with Crippen molar-refractivity contribution >= 4 is 16.6 Å². The number of benzene rings is 1. The predicted octanol–water partition coefficient (Wildman–Crippen LogP) is 3.03. The van der Waals surface area contributed by atoms with Crippen LogP contribution in [-0.2, 0) is 0 Å². The van der Waals surface area contributed by atoms with Gasteiger partial charge in [-0.3, -0.25) is 5.10 Å². The molecular weight excluding hydrogens is 356 g/mol. The largest absolute Gasteiger partial charge is 0.493 e. The highest BCUT2D eigenvalue weighted by Crippen LogP contribution is 2.39. The lowest BCUT2D eigenvalue weighted by atomic mass is 9.97. The number of H-pyrrole nitrogens is 1. The molecule has 1 unspecified atom stereocenters. The molecule has 146 valence electrons. The van der Waals surface area contributed by atoms with Crippen molar-refractivity contribution < 1.29 is 9.47 Å². The highest BCUT2D eigenvalue weighted by molar-refractivity contribution is 5.94. The van der Waals surface area contributed by atoms with Crippen LogP contribution in [-0.4, -0.2) is 52.7 Å². The number of piperidine rings is 1. The molecule has 1 saturated carbocycles. The Balaban J connectivity index is 1.46. The van der Waals surface area contributed by atoms with Crippen molar-refractivity contribution in [3.63, 3.8) is 0 Å². The van der Waals surface area contributed by atoms with E-state index in [0.29, 0.717) is 23.3 Å². The number of rotatable bonds is 5. The Morgan fingerprint density at radius 2 is 1.89 bits per heavy atom. The summed E-state index contributed by atoms with van der Waals surface area (Å²) in [5, 5.41) is 18.3. The van der Waals surface area contributed by atoms with Crippen LogP contribution < -0.4 is 14.4 Å². The molecule has 3 aromatic rings. The van der Waals surface area contributed by atoms with Gasteiger partial charge in [0.1, 0.15) is 5.82 Å². The second kappa shape index (κ2) is 6.92. The number of anilines is 1. The van der Waals surface area contributed by atoms with Crippen LogP contribution in [0.4, 0.5) is 5.82 Å². The highest BCUT2D eigenvalue weighted by atomic mass is 16.5. The quantitative estimate of drug-likeness (QED) is 0.728. The lowest BCUT2D eigenvalue weighted by Gasteiger charge is -2.32. The van der Waals surface area contributed by atoms with Gasteiger partial charge in [-0.25, -0.2) is 4.98 Å². The lowest BCUT2D eigenvalue weighted by Crippen LogP contribution is -2.35. The highest BCUT2D eigenvalue weighted by Gasteiger charge is 2.31. The molecule has 1 atom stereocenters. The number of nitrogens with one attached hydrogen (secondary N) is 1. The third kappa shape index (κ3) is 3.02. The van der Waals surface area contributed by atoms with Gasteiger partial charge in [-0.2, -0.15) is 10.2 Å². The van der Waals surface area contributed by atoms with Crippen molar-refractivity contribution in [2.24, 2.45) is 0 Å². The minimum atomic E-state index is 0.301. The van der Waals surface area contributed by atoms with Crippen LogP contribution >= 0.6 is 0 Å². The maximum absolute atomic E-state index is 5.49. The van der Waals surface area contributed by atoms with Gasteiger partial charge in [0.05, 0.1) is 20.4 Å². The number of ether oxygens (including phenoxy) is 2. The van der Waals surface area contributed by atoms with Crippen molar-refractivity contribution in [3.05, 3.63) is 30.0 Å². The van der Waals surface area contributed by atoms with E-state index in [0.717, 1.165) is 54.2 Å². The summed E-state index contributed by atoms with van der Waals surface area (Å²) in [7, 11) is 3.29. The fraction of sp³-hybridized carbons (Fsp3) is 0.500. The zero-order valence-electron chi connectivity index (χ0n) is 16.2. The van der Waals surface area contributed by atoms with Crippen LogP contribution in [0.1, 0.15) is 49.2 Å². The molecular formula is C20H24N6O2. The number of aromatic nitrogens is 5. The van der Waals surface area contributed by atoms with Crippen molar-refractivity contribution in [1.82, 2.24) is 25.4 Å². The molecule has 0 amide bonds. The molecule has 3 heterocycles. The molecule has 2 fully saturated rings. The van der Waals surface area contributed by atoms with Gasteiger partial charge in [-0.1, -0.05) is 0 Å². The van der Waals surface area contributed by atoms with E-state index in [-0.39, 0.29) is 0 Å². The second-order valence-electron chi connectivity index (χ2n) is 7.60. The molecule has 5 rings (SSSR count). The van der Waals surface area contributed by atoms with Crippen molar-refractivity contribution in [2.45, 2.75) is 37.5 Å². The Labute approximate surface area is 163 Å². The van der Waals surface area contributed by atoms with E-state index >= 15 is 0 Å². The zero-order chi connectivity index (χ0) is 19.1. The SMILES string of the molecule is COc1cc2cnnc(N3CCCC(c4n[nH]c(C5CC5)n4)C3)c2cc1OC. The summed E-state index contributed by atoms with van der Waals surface area (Å²) in [6.45, 7) is 1.78. The van der Waals surface area contributed by atoms with Crippen LogP contribution in [0.2, 0.25) is 0 Å². The minimum absolute atomic E-state index is 0.301. The maximum Gasteiger partial charge on any atom is 0.161 e. The lowest BCUT2D eigenvalue weighted by molar-refractivity contribution is 0.356. The molecule has 0 bridgehead atoms. The third-order valence-corrected chi connectivity index (χ3v) is 5.72. The number of methoxy groups -OCH3 is 2.